The Balaban J connectivity index is 1.64. The standard InChI is InChI=1S/C19H28N2O3S/c1-19(2,3)24-18(23)21-12-9-15(10-13-21)17(22)20-11-14-25-16-7-5-4-6-8-16/h4-8,15H,9-14H2,1-3H3,(H,20,22). The van der Waals surface area contributed by atoms with Crippen LogP contribution in [0.2, 0.25) is 0 Å². The molecule has 0 bridgehead atoms. The van der Waals surface area contributed by atoms with Crippen LogP contribution in [0.4, 0.5) is 4.79 Å². The van der Waals surface area contributed by atoms with E-state index in [1.165, 1.54) is 4.90 Å². The van der Waals surface area contributed by atoms with Crippen LogP contribution in [0.25, 0.3) is 0 Å². The summed E-state index contributed by atoms with van der Waals surface area (Å²) in [6.45, 7) is 7.39. The zero-order chi connectivity index (χ0) is 18.3. The molecule has 138 valence electrons. The van der Waals surface area contributed by atoms with Crippen molar-refractivity contribution in [1.29, 1.82) is 0 Å². The van der Waals surface area contributed by atoms with E-state index >= 15 is 0 Å². The molecule has 2 amide bonds. The molecule has 0 saturated carbocycles. The highest BCUT2D eigenvalue weighted by molar-refractivity contribution is 7.99. The normalized spacial score (nSPS) is 15.7. The van der Waals surface area contributed by atoms with Crippen LogP contribution in [0.15, 0.2) is 35.2 Å². The molecule has 0 atom stereocenters. The van der Waals surface area contributed by atoms with E-state index in [1.54, 1.807) is 16.7 Å². The highest BCUT2D eigenvalue weighted by atomic mass is 32.2. The monoisotopic (exact) mass is 364 g/mol. The number of benzene rings is 1. The molecule has 5 nitrogen and oxygen atoms in total. The number of hydrogen-bond donors (Lipinski definition) is 1. The number of amides is 2. The summed E-state index contributed by atoms with van der Waals surface area (Å²) in [5.74, 6) is 0.935. The Kier molecular flexibility index (Phi) is 7.17. The fourth-order valence-corrected chi connectivity index (χ4v) is 3.44. The van der Waals surface area contributed by atoms with E-state index in [9.17, 15) is 9.59 Å². The number of piperidine rings is 1. The van der Waals surface area contributed by atoms with Crippen molar-refractivity contribution in [1.82, 2.24) is 10.2 Å². The highest BCUT2D eigenvalue weighted by Crippen LogP contribution is 2.20. The van der Waals surface area contributed by atoms with Gasteiger partial charge in [-0.15, -0.1) is 11.8 Å². The summed E-state index contributed by atoms with van der Waals surface area (Å²) >= 11 is 1.73. The average molecular weight is 365 g/mol. The third kappa shape index (κ3) is 6.98. The number of nitrogens with one attached hydrogen (secondary N) is 1. The van der Waals surface area contributed by atoms with Crippen molar-refractivity contribution in [3.8, 4) is 0 Å². The first-order valence-electron chi connectivity index (χ1n) is 8.78. The number of hydrogen-bond acceptors (Lipinski definition) is 4. The summed E-state index contributed by atoms with van der Waals surface area (Å²) in [6.07, 6.45) is 1.10. The Labute approximate surface area is 154 Å². The quantitative estimate of drug-likeness (QED) is 0.641. The van der Waals surface area contributed by atoms with Crippen LogP contribution in [0, 0.1) is 5.92 Å². The molecule has 0 aliphatic carbocycles. The molecule has 6 heteroatoms. The van der Waals surface area contributed by atoms with Gasteiger partial charge in [0.15, 0.2) is 0 Å². The largest absolute Gasteiger partial charge is 0.444 e. The number of ether oxygens (including phenoxy) is 1. The van der Waals surface area contributed by atoms with Crippen LogP contribution in [0.1, 0.15) is 33.6 Å². The average Bonchev–Trinajstić information content (AvgIpc) is 2.58. The maximum Gasteiger partial charge on any atom is 0.410 e. The van der Waals surface area contributed by atoms with Crippen LogP contribution in [0.3, 0.4) is 0 Å². The number of nitrogens with zero attached hydrogens (tertiary/aromatic N) is 1. The minimum absolute atomic E-state index is 0.0135. The number of rotatable bonds is 5. The van der Waals surface area contributed by atoms with Gasteiger partial charge in [-0.25, -0.2) is 4.79 Å². The lowest BCUT2D eigenvalue weighted by molar-refractivity contribution is -0.126. The summed E-state index contributed by atoms with van der Waals surface area (Å²) < 4.78 is 5.38. The summed E-state index contributed by atoms with van der Waals surface area (Å²) in [5.41, 5.74) is -0.484. The lowest BCUT2D eigenvalue weighted by Crippen LogP contribution is -2.45. The Morgan fingerprint density at radius 3 is 2.44 bits per heavy atom. The molecule has 1 fully saturated rings. The highest BCUT2D eigenvalue weighted by Gasteiger charge is 2.29. The first-order valence-corrected chi connectivity index (χ1v) is 9.77. The SMILES string of the molecule is CC(C)(C)OC(=O)N1CCC(C(=O)NCCSc2ccccc2)CC1. The fourth-order valence-electron chi connectivity index (χ4n) is 2.65. The third-order valence-corrected chi connectivity index (χ3v) is 4.94. The number of carbonyl (C=O) groups excluding carboxylic acids is 2. The first kappa shape index (κ1) is 19.6. The van der Waals surface area contributed by atoms with Gasteiger partial charge in [0.1, 0.15) is 5.60 Å². The van der Waals surface area contributed by atoms with Crippen LogP contribution in [0.5, 0.6) is 0 Å². The van der Waals surface area contributed by atoms with Gasteiger partial charge in [0.2, 0.25) is 5.91 Å². The molecule has 1 aromatic rings. The molecular formula is C19H28N2O3S. The Hall–Kier alpha value is -1.69. The van der Waals surface area contributed by atoms with E-state index in [0.29, 0.717) is 32.5 Å². The second kappa shape index (κ2) is 9.13. The van der Waals surface area contributed by atoms with Crippen molar-refractivity contribution in [2.45, 2.75) is 44.1 Å². The molecule has 0 aromatic heterocycles. The lowest BCUT2D eigenvalue weighted by Gasteiger charge is -2.32. The van der Waals surface area contributed by atoms with Gasteiger partial charge in [0.25, 0.3) is 0 Å². The van der Waals surface area contributed by atoms with Gasteiger partial charge in [-0.2, -0.15) is 0 Å². The topological polar surface area (TPSA) is 58.6 Å². The van der Waals surface area contributed by atoms with E-state index in [-0.39, 0.29) is 17.9 Å². The predicted octanol–water partition coefficient (Wildman–Crippen LogP) is 3.54. The Morgan fingerprint density at radius 1 is 1.20 bits per heavy atom. The van der Waals surface area contributed by atoms with Crippen molar-refractivity contribution in [2.75, 3.05) is 25.4 Å². The van der Waals surface area contributed by atoms with Gasteiger partial charge in [-0.1, -0.05) is 18.2 Å². The van der Waals surface area contributed by atoms with Gasteiger partial charge in [-0.05, 0) is 45.7 Å². The van der Waals surface area contributed by atoms with Gasteiger partial charge in [0, 0.05) is 36.2 Å². The summed E-state index contributed by atoms with van der Waals surface area (Å²) in [4.78, 5) is 27.2. The van der Waals surface area contributed by atoms with Crippen molar-refractivity contribution < 1.29 is 14.3 Å². The van der Waals surface area contributed by atoms with Gasteiger partial charge in [0.05, 0.1) is 0 Å². The van der Waals surface area contributed by atoms with Crippen LogP contribution in [-0.4, -0.2) is 47.9 Å². The second-order valence-corrected chi connectivity index (χ2v) is 8.36. The summed E-state index contributed by atoms with van der Waals surface area (Å²) in [7, 11) is 0. The van der Waals surface area contributed by atoms with Crippen molar-refractivity contribution in [3.05, 3.63) is 30.3 Å². The van der Waals surface area contributed by atoms with Crippen molar-refractivity contribution in [3.63, 3.8) is 0 Å². The van der Waals surface area contributed by atoms with Crippen LogP contribution in [-0.2, 0) is 9.53 Å². The summed E-state index contributed by atoms with van der Waals surface area (Å²) in [5, 5.41) is 3.01. The molecule has 0 spiro atoms. The maximum atomic E-state index is 12.3. The molecule has 25 heavy (non-hydrogen) atoms. The molecule has 0 unspecified atom stereocenters. The maximum absolute atomic E-state index is 12.3. The minimum Gasteiger partial charge on any atom is -0.444 e. The molecule has 0 radical (unpaired) electrons. The van der Waals surface area contributed by atoms with Crippen LogP contribution >= 0.6 is 11.8 Å². The van der Waals surface area contributed by atoms with E-state index in [0.717, 1.165) is 5.75 Å². The van der Waals surface area contributed by atoms with E-state index in [4.69, 9.17) is 4.74 Å². The predicted molar refractivity (Wildman–Crippen MR) is 101 cm³/mol. The van der Waals surface area contributed by atoms with Crippen molar-refractivity contribution in [2.24, 2.45) is 5.92 Å². The molecule has 1 heterocycles. The van der Waals surface area contributed by atoms with Gasteiger partial charge >= 0.3 is 6.09 Å². The summed E-state index contributed by atoms with van der Waals surface area (Å²) in [6, 6.07) is 10.2. The van der Waals surface area contributed by atoms with E-state index in [2.05, 4.69) is 17.4 Å². The first-order chi connectivity index (χ1) is 11.8. The third-order valence-electron chi connectivity index (χ3n) is 3.93. The van der Waals surface area contributed by atoms with Gasteiger partial charge < -0.3 is 15.0 Å². The molecule has 1 aromatic carbocycles. The molecule has 1 N–H and O–H groups in total. The lowest BCUT2D eigenvalue weighted by atomic mass is 9.96. The molecule has 1 aliphatic heterocycles. The molecule has 1 saturated heterocycles. The second-order valence-electron chi connectivity index (χ2n) is 7.19. The molecular weight excluding hydrogens is 336 g/mol. The van der Waals surface area contributed by atoms with E-state index < -0.39 is 5.60 Å². The zero-order valence-corrected chi connectivity index (χ0v) is 16.1. The minimum atomic E-state index is -0.484. The van der Waals surface area contributed by atoms with Crippen molar-refractivity contribution >= 4 is 23.8 Å². The van der Waals surface area contributed by atoms with Crippen LogP contribution < -0.4 is 5.32 Å². The number of carbonyl (C=O) groups is 2. The Morgan fingerprint density at radius 2 is 1.84 bits per heavy atom. The molecule has 1 aliphatic rings. The number of thioether (sulfide) groups is 1. The zero-order valence-electron chi connectivity index (χ0n) is 15.3. The Bertz CT molecular complexity index is 564. The van der Waals surface area contributed by atoms with E-state index in [1.807, 2.05) is 39.0 Å². The smallest absolute Gasteiger partial charge is 0.410 e. The number of likely N-dealkylation sites (tertiary alicyclic amines) is 1. The fraction of sp³-hybridized carbons (Fsp3) is 0.579. The molecule has 2 rings (SSSR count). The van der Waals surface area contributed by atoms with Gasteiger partial charge in [-0.3, -0.25) is 4.79 Å².